The largest absolute Gasteiger partial charge is 0.513 e. The maximum absolute atomic E-state index is 11.1. The van der Waals surface area contributed by atoms with E-state index in [1.807, 2.05) is 13.0 Å². The molecule has 0 heterocycles. The van der Waals surface area contributed by atoms with Gasteiger partial charge in [0.05, 0.1) is 0 Å². The summed E-state index contributed by atoms with van der Waals surface area (Å²) in [6.45, 7) is 2.18. The first-order chi connectivity index (χ1) is 6.68. The van der Waals surface area contributed by atoms with Crippen molar-refractivity contribution in [2.75, 3.05) is 6.61 Å². The Hall–Kier alpha value is -1.03. The molecule has 0 spiro atoms. The minimum atomic E-state index is -0.678. The summed E-state index contributed by atoms with van der Waals surface area (Å²) < 4.78 is 9.68. The van der Waals surface area contributed by atoms with Gasteiger partial charge in [0.2, 0.25) is 0 Å². The van der Waals surface area contributed by atoms with Crippen LogP contribution >= 0.6 is 15.9 Å². The molecule has 1 rings (SSSR count). The maximum Gasteiger partial charge on any atom is 0.513 e. The van der Waals surface area contributed by atoms with Gasteiger partial charge in [0.15, 0.2) is 0 Å². The normalized spacial score (nSPS) is 11.9. The molecule has 0 saturated heterocycles. The van der Waals surface area contributed by atoms with Crippen LogP contribution in [0.2, 0.25) is 0 Å². The van der Waals surface area contributed by atoms with Crippen LogP contribution in [0.4, 0.5) is 4.79 Å². The van der Waals surface area contributed by atoms with Crippen molar-refractivity contribution < 1.29 is 14.3 Å². The summed E-state index contributed by atoms with van der Waals surface area (Å²) >= 11 is 3.26. The van der Waals surface area contributed by atoms with Crippen LogP contribution < -0.4 is 4.74 Å². The number of halogens is 1. The molecular weight excluding hydrogens is 248 g/mol. The second-order valence-electron chi connectivity index (χ2n) is 2.76. The number of benzene rings is 1. The molecule has 0 aromatic heterocycles. The monoisotopic (exact) mass is 258 g/mol. The van der Waals surface area contributed by atoms with E-state index >= 15 is 0 Å². The molecule has 0 fully saturated rings. The Bertz CT molecular complexity index is 285. The molecule has 76 valence electrons. The van der Waals surface area contributed by atoms with E-state index in [9.17, 15) is 4.79 Å². The van der Waals surface area contributed by atoms with Crippen molar-refractivity contribution in [2.24, 2.45) is 0 Å². The minimum absolute atomic E-state index is 0.130. The summed E-state index contributed by atoms with van der Waals surface area (Å²) in [5, 5.41) is 0. The highest BCUT2D eigenvalue weighted by Gasteiger charge is 2.06. The summed E-state index contributed by atoms with van der Waals surface area (Å²) in [7, 11) is 0. The first-order valence-corrected chi connectivity index (χ1v) is 5.14. The van der Waals surface area contributed by atoms with Gasteiger partial charge >= 0.3 is 6.16 Å². The molecule has 1 aromatic rings. The fourth-order valence-corrected chi connectivity index (χ4v) is 0.929. The van der Waals surface area contributed by atoms with Crippen LogP contribution in [0.15, 0.2) is 30.3 Å². The Kier molecular flexibility index (Phi) is 4.46. The lowest BCUT2D eigenvalue weighted by atomic mass is 10.3. The fourth-order valence-electron chi connectivity index (χ4n) is 0.797. The average Bonchev–Trinajstić information content (AvgIpc) is 2.16. The minimum Gasteiger partial charge on any atom is -0.433 e. The SMILES string of the molecule is CC(Br)COC(=O)Oc1ccccc1. The van der Waals surface area contributed by atoms with Crippen LogP contribution in [-0.4, -0.2) is 17.6 Å². The standard InChI is InChI=1S/C10H11BrO3/c1-8(11)7-13-10(12)14-9-5-3-2-4-6-9/h2-6,8H,7H2,1H3. The van der Waals surface area contributed by atoms with Gasteiger partial charge in [0, 0.05) is 4.83 Å². The Morgan fingerprint density at radius 2 is 2.07 bits per heavy atom. The Balaban J connectivity index is 2.35. The highest BCUT2D eigenvalue weighted by Crippen LogP contribution is 2.09. The van der Waals surface area contributed by atoms with Crippen LogP contribution in [0.1, 0.15) is 6.92 Å². The molecule has 14 heavy (non-hydrogen) atoms. The second kappa shape index (κ2) is 5.65. The molecule has 1 unspecified atom stereocenters. The highest BCUT2D eigenvalue weighted by molar-refractivity contribution is 9.09. The zero-order valence-corrected chi connectivity index (χ0v) is 9.36. The number of carbonyl (C=O) groups is 1. The summed E-state index contributed by atoms with van der Waals surface area (Å²) in [6, 6.07) is 8.81. The van der Waals surface area contributed by atoms with Crippen LogP contribution in [0.5, 0.6) is 5.75 Å². The molecule has 0 bridgehead atoms. The Labute approximate surface area is 91.1 Å². The number of para-hydroxylation sites is 1. The van der Waals surface area contributed by atoms with Gasteiger partial charge < -0.3 is 9.47 Å². The third-order valence-corrected chi connectivity index (χ3v) is 1.64. The van der Waals surface area contributed by atoms with Crippen LogP contribution in [-0.2, 0) is 4.74 Å². The third kappa shape index (κ3) is 4.28. The molecular formula is C10H11BrO3. The van der Waals surface area contributed by atoms with Crippen molar-refractivity contribution in [3.63, 3.8) is 0 Å². The Morgan fingerprint density at radius 1 is 1.43 bits per heavy atom. The molecule has 0 aliphatic carbocycles. The van der Waals surface area contributed by atoms with Crippen LogP contribution in [0.25, 0.3) is 0 Å². The first-order valence-electron chi connectivity index (χ1n) is 4.22. The van der Waals surface area contributed by atoms with Crippen LogP contribution in [0.3, 0.4) is 0 Å². The number of alkyl halides is 1. The maximum atomic E-state index is 11.1. The predicted molar refractivity (Wildman–Crippen MR) is 56.8 cm³/mol. The average molecular weight is 259 g/mol. The smallest absolute Gasteiger partial charge is 0.433 e. The highest BCUT2D eigenvalue weighted by atomic mass is 79.9. The predicted octanol–water partition coefficient (Wildman–Crippen LogP) is 2.99. The number of rotatable bonds is 3. The first kappa shape index (κ1) is 11.0. The van der Waals surface area contributed by atoms with Gasteiger partial charge in [-0.3, -0.25) is 0 Å². The van der Waals surface area contributed by atoms with Crippen LogP contribution in [0, 0.1) is 0 Å². The lowest BCUT2D eigenvalue weighted by molar-refractivity contribution is 0.101. The summed E-state index contributed by atoms with van der Waals surface area (Å²) in [5.41, 5.74) is 0. The molecule has 3 nitrogen and oxygen atoms in total. The zero-order valence-electron chi connectivity index (χ0n) is 7.77. The van der Waals surface area contributed by atoms with Gasteiger partial charge in [-0.25, -0.2) is 4.79 Å². The van der Waals surface area contributed by atoms with E-state index in [0.717, 1.165) is 0 Å². The Morgan fingerprint density at radius 3 is 2.64 bits per heavy atom. The van der Waals surface area contributed by atoms with E-state index in [4.69, 9.17) is 9.47 Å². The van der Waals surface area contributed by atoms with E-state index in [1.54, 1.807) is 24.3 Å². The van der Waals surface area contributed by atoms with E-state index < -0.39 is 6.16 Å². The zero-order chi connectivity index (χ0) is 10.4. The lowest BCUT2D eigenvalue weighted by Gasteiger charge is -2.06. The van der Waals surface area contributed by atoms with E-state index in [-0.39, 0.29) is 4.83 Å². The molecule has 1 atom stereocenters. The van der Waals surface area contributed by atoms with Crippen molar-refractivity contribution in [2.45, 2.75) is 11.8 Å². The number of ether oxygens (including phenoxy) is 2. The molecule has 0 aliphatic heterocycles. The molecule has 0 N–H and O–H groups in total. The molecule has 4 heteroatoms. The van der Waals surface area contributed by atoms with Gasteiger partial charge in [-0.2, -0.15) is 0 Å². The molecule has 1 aromatic carbocycles. The lowest BCUT2D eigenvalue weighted by Crippen LogP contribution is -2.15. The van der Waals surface area contributed by atoms with E-state index in [0.29, 0.717) is 12.4 Å². The second-order valence-corrected chi connectivity index (χ2v) is 4.32. The van der Waals surface area contributed by atoms with Gasteiger partial charge in [-0.1, -0.05) is 34.1 Å². The van der Waals surface area contributed by atoms with Crippen molar-refractivity contribution in [1.29, 1.82) is 0 Å². The van der Waals surface area contributed by atoms with Gasteiger partial charge in [-0.05, 0) is 19.1 Å². The van der Waals surface area contributed by atoms with Gasteiger partial charge in [-0.15, -0.1) is 0 Å². The van der Waals surface area contributed by atoms with E-state index in [1.165, 1.54) is 0 Å². The van der Waals surface area contributed by atoms with Crippen molar-refractivity contribution in [1.82, 2.24) is 0 Å². The quantitative estimate of drug-likeness (QED) is 0.475. The van der Waals surface area contributed by atoms with Crippen molar-refractivity contribution in [3.8, 4) is 5.75 Å². The third-order valence-electron chi connectivity index (χ3n) is 1.38. The molecule has 0 saturated carbocycles. The fraction of sp³-hybridized carbons (Fsp3) is 0.300. The summed E-state index contributed by atoms with van der Waals surface area (Å²) in [6.07, 6.45) is -0.678. The molecule has 0 aliphatic rings. The summed E-state index contributed by atoms with van der Waals surface area (Å²) in [4.78, 5) is 11.2. The molecule has 0 radical (unpaired) electrons. The number of hydrogen-bond acceptors (Lipinski definition) is 3. The van der Waals surface area contributed by atoms with Crippen molar-refractivity contribution in [3.05, 3.63) is 30.3 Å². The molecule has 0 amide bonds. The summed E-state index contributed by atoms with van der Waals surface area (Å²) in [5.74, 6) is 0.486. The topological polar surface area (TPSA) is 35.5 Å². The number of hydrogen-bond donors (Lipinski definition) is 0. The van der Waals surface area contributed by atoms with E-state index in [2.05, 4.69) is 15.9 Å². The van der Waals surface area contributed by atoms with Crippen molar-refractivity contribution >= 4 is 22.1 Å². The number of carbonyl (C=O) groups excluding carboxylic acids is 1. The van der Waals surface area contributed by atoms with Gasteiger partial charge in [0.25, 0.3) is 0 Å². The van der Waals surface area contributed by atoms with Gasteiger partial charge in [0.1, 0.15) is 12.4 Å².